The zero-order valence-electron chi connectivity index (χ0n) is 11.9. The summed E-state index contributed by atoms with van der Waals surface area (Å²) in [7, 11) is 1.36. The number of aryl methyl sites for hydroxylation is 2. The van der Waals surface area contributed by atoms with Gasteiger partial charge in [0.15, 0.2) is 0 Å². The largest absolute Gasteiger partial charge is 0.469 e. The maximum absolute atomic E-state index is 11.3. The highest BCUT2D eigenvalue weighted by molar-refractivity contribution is 5.71. The summed E-state index contributed by atoms with van der Waals surface area (Å²) >= 11 is 0. The van der Waals surface area contributed by atoms with Gasteiger partial charge in [-0.1, -0.05) is 18.2 Å². The molecule has 1 aromatic heterocycles. The summed E-state index contributed by atoms with van der Waals surface area (Å²) in [6, 6.07) is 7.50. The molecule has 20 heavy (non-hydrogen) atoms. The molecule has 106 valence electrons. The van der Waals surface area contributed by atoms with Crippen LogP contribution in [-0.4, -0.2) is 23.3 Å². The minimum atomic E-state index is -0.366. The zero-order chi connectivity index (χ0) is 14.7. The number of carbonyl (C=O) groups excluding carboxylic acids is 1. The molecule has 1 aromatic carbocycles. The number of benzene rings is 1. The summed E-state index contributed by atoms with van der Waals surface area (Å²) in [5, 5.41) is 7.17. The van der Waals surface area contributed by atoms with Gasteiger partial charge < -0.3 is 10.5 Å². The Kier molecular flexibility index (Phi) is 4.20. The Hall–Kier alpha value is -2.14. The third-order valence-corrected chi connectivity index (χ3v) is 3.35. The number of methoxy groups -OCH3 is 1. The second-order valence-electron chi connectivity index (χ2n) is 4.82. The summed E-state index contributed by atoms with van der Waals surface area (Å²) in [6.45, 7) is 3.94. The molecule has 5 nitrogen and oxygen atoms in total. The van der Waals surface area contributed by atoms with Crippen LogP contribution in [0.2, 0.25) is 0 Å². The van der Waals surface area contributed by atoms with E-state index in [1.807, 2.05) is 38.1 Å². The SMILES string of the molecule is COC(=O)C[C@H](N)c1cccc(-c2c(C)n[nH]c2C)c1. The standard InChI is InChI=1S/C15H19N3O2/c1-9-15(10(2)18-17-9)12-6-4-5-11(7-12)13(16)8-14(19)20-3/h4-7,13H,8,16H2,1-3H3,(H,17,18)/t13-/m0/s1. The highest BCUT2D eigenvalue weighted by Crippen LogP contribution is 2.27. The van der Waals surface area contributed by atoms with Crippen molar-refractivity contribution in [3.63, 3.8) is 0 Å². The van der Waals surface area contributed by atoms with E-state index in [-0.39, 0.29) is 18.4 Å². The maximum atomic E-state index is 11.3. The van der Waals surface area contributed by atoms with Gasteiger partial charge in [0.05, 0.1) is 19.2 Å². The molecule has 2 aromatic rings. The fourth-order valence-electron chi connectivity index (χ4n) is 2.28. The number of rotatable bonds is 4. The molecule has 0 spiro atoms. The van der Waals surface area contributed by atoms with Crippen molar-refractivity contribution >= 4 is 5.97 Å². The Morgan fingerprint density at radius 2 is 2.20 bits per heavy atom. The van der Waals surface area contributed by atoms with Gasteiger partial charge in [-0.2, -0.15) is 5.10 Å². The lowest BCUT2D eigenvalue weighted by molar-refractivity contribution is -0.141. The number of hydrogen-bond donors (Lipinski definition) is 2. The first-order valence-electron chi connectivity index (χ1n) is 6.47. The second kappa shape index (κ2) is 5.88. The summed E-state index contributed by atoms with van der Waals surface area (Å²) in [5.74, 6) is -0.307. The van der Waals surface area contributed by atoms with E-state index in [0.29, 0.717) is 0 Å². The van der Waals surface area contributed by atoms with Crippen molar-refractivity contribution in [3.8, 4) is 11.1 Å². The summed E-state index contributed by atoms with van der Waals surface area (Å²) < 4.78 is 4.65. The first-order chi connectivity index (χ1) is 9.52. The van der Waals surface area contributed by atoms with E-state index in [0.717, 1.165) is 28.1 Å². The smallest absolute Gasteiger partial charge is 0.307 e. The number of nitrogens with zero attached hydrogens (tertiary/aromatic N) is 1. The normalized spacial score (nSPS) is 12.2. The Labute approximate surface area is 118 Å². The summed E-state index contributed by atoms with van der Waals surface area (Å²) in [5.41, 5.74) is 11.0. The van der Waals surface area contributed by atoms with Gasteiger partial charge in [-0.3, -0.25) is 9.89 Å². The summed E-state index contributed by atoms with van der Waals surface area (Å²) in [4.78, 5) is 11.3. The number of esters is 1. The average Bonchev–Trinajstić information content (AvgIpc) is 2.78. The van der Waals surface area contributed by atoms with Gasteiger partial charge in [0, 0.05) is 17.3 Å². The lowest BCUT2D eigenvalue weighted by Crippen LogP contribution is -2.16. The number of aromatic nitrogens is 2. The van der Waals surface area contributed by atoms with Crippen LogP contribution in [0.25, 0.3) is 11.1 Å². The van der Waals surface area contributed by atoms with Crippen LogP contribution >= 0.6 is 0 Å². The van der Waals surface area contributed by atoms with Crippen LogP contribution in [0.5, 0.6) is 0 Å². The molecule has 0 saturated heterocycles. The molecule has 0 aliphatic carbocycles. The molecule has 0 unspecified atom stereocenters. The molecule has 5 heteroatoms. The van der Waals surface area contributed by atoms with Crippen LogP contribution in [-0.2, 0) is 9.53 Å². The first kappa shape index (κ1) is 14.3. The zero-order valence-corrected chi connectivity index (χ0v) is 11.9. The number of ether oxygens (including phenoxy) is 1. The fraction of sp³-hybridized carbons (Fsp3) is 0.333. The average molecular weight is 273 g/mol. The third-order valence-electron chi connectivity index (χ3n) is 3.35. The van der Waals surface area contributed by atoms with Crippen LogP contribution in [0.1, 0.15) is 29.4 Å². The number of nitrogens with one attached hydrogen (secondary N) is 1. The van der Waals surface area contributed by atoms with Crippen LogP contribution in [0.15, 0.2) is 24.3 Å². The number of H-pyrrole nitrogens is 1. The van der Waals surface area contributed by atoms with Gasteiger partial charge in [-0.05, 0) is 31.0 Å². The van der Waals surface area contributed by atoms with Gasteiger partial charge in [0.2, 0.25) is 0 Å². The molecule has 1 atom stereocenters. The van der Waals surface area contributed by atoms with Crippen molar-refractivity contribution in [1.82, 2.24) is 10.2 Å². The Balaban J connectivity index is 2.31. The maximum Gasteiger partial charge on any atom is 0.307 e. The molecule has 0 radical (unpaired) electrons. The number of hydrogen-bond acceptors (Lipinski definition) is 4. The quantitative estimate of drug-likeness (QED) is 0.837. The number of carbonyl (C=O) groups is 1. The van der Waals surface area contributed by atoms with Crippen molar-refractivity contribution in [3.05, 3.63) is 41.2 Å². The van der Waals surface area contributed by atoms with E-state index >= 15 is 0 Å². The predicted octanol–water partition coefficient (Wildman–Crippen LogP) is 2.26. The van der Waals surface area contributed by atoms with Crippen molar-refractivity contribution < 1.29 is 9.53 Å². The van der Waals surface area contributed by atoms with Crippen molar-refractivity contribution in [2.75, 3.05) is 7.11 Å². The van der Waals surface area contributed by atoms with Crippen molar-refractivity contribution in [2.24, 2.45) is 5.73 Å². The molecule has 3 N–H and O–H groups in total. The van der Waals surface area contributed by atoms with Gasteiger partial charge in [-0.15, -0.1) is 0 Å². The molecule has 0 aliphatic rings. The van der Waals surface area contributed by atoms with Gasteiger partial charge in [-0.25, -0.2) is 0 Å². The monoisotopic (exact) mass is 273 g/mol. The van der Waals surface area contributed by atoms with Gasteiger partial charge in [0.25, 0.3) is 0 Å². The first-order valence-corrected chi connectivity index (χ1v) is 6.47. The lowest BCUT2D eigenvalue weighted by Gasteiger charge is -2.12. The van der Waals surface area contributed by atoms with Gasteiger partial charge in [0.1, 0.15) is 0 Å². The third kappa shape index (κ3) is 2.88. The van der Waals surface area contributed by atoms with Crippen molar-refractivity contribution in [1.29, 1.82) is 0 Å². The Morgan fingerprint density at radius 3 is 2.80 bits per heavy atom. The minimum absolute atomic E-state index is 0.170. The highest BCUT2D eigenvalue weighted by Gasteiger charge is 2.14. The van der Waals surface area contributed by atoms with Gasteiger partial charge >= 0.3 is 5.97 Å². The number of aromatic amines is 1. The second-order valence-corrected chi connectivity index (χ2v) is 4.82. The van der Waals surface area contributed by atoms with Crippen LogP contribution in [0, 0.1) is 13.8 Å². The highest BCUT2D eigenvalue weighted by atomic mass is 16.5. The minimum Gasteiger partial charge on any atom is -0.469 e. The molecule has 0 bridgehead atoms. The van der Waals surface area contributed by atoms with E-state index in [1.54, 1.807) is 0 Å². The van der Waals surface area contributed by atoms with Crippen LogP contribution in [0.3, 0.4) is 0 Å². The number of nitrogens with two attached hydrogens (primary N) is 1. The van der Waals surface area contributed by atoms with E-state index in [2.05, 4.69) is 14.9 Å². The summed E-state index contributed by atoms with van der Waals surface area (Å²) in [6.07, 6.45) is 0.170. The molecule has 0 amide bonds. The molecule has 1 heterocycles. The predicted molar refractivity (Wildman–Crippen MR) is 77.1 cm³/mol. The van der Waals surface area contributed by atoms with E-state index < -0.39 is 0 Å². The lowest BCUT2D eigenvalue weighted by atomic mass is 9.97. The van der Waals surface area contributed by atoms with E-state index in [4.69, 9.17) is 5.73 Å². The van der Waals surface area contributed by atoms with E-state index in [9.17, 15) is 4.79 Å². The van der Waals surface area contributed by atoms with Crippen molar-refractivity contribution in [2.45, 2.75) is 26.3 Å². The topological polar surface area (TPSA) is 81.0 Å². The molecule has 0 aliphatic heterocycles. The molecule has 2 rings (SSSR count). The van der Waals surface area contributed by atoms with Crippen LogP contribution in [0.4, 0.5) is 0 Å². The molecule has 0 saturated carbocycles. The van der Waals surface area contributed by atoms with E-state index in [1.165, 1.54) is 7.11 Å². The molecular formula is C15H19N3O2. The Bertz CT molecular complexity index is 600. The van der Waals surface area contributed by atoms with Crippen LogP contribution < -0.4 is 5.73 Å². The fourth-order valence-corrected chi connectivity index (χ4v) is 2.28. The Morgan fingerprint density at radius 1 is 1.45 bits per heavy atom. The molecule has 0 fully saturated rings. The molecular weight excluding hydrogens is 254 g/mol.